The highest BCUT2D eigenvalue weighted by Crippen LogP contribution is 2.23. The van der Waals surface area contributed by atoms with Gasteiger partial charge in [-0.2, -0.15) is 0 Å². The summed E-state index contributed by atoms with van der Waals surface area (Å²) < 4.78 is 0. The Balaban J connectivity index is 0.00000280. The van der Waals surface area contributed by atoms with Crippen molar-refractivity contribution >= 4 is 30.2 Å². The molecule has 0 unspecified atom stereocenters. The molecule has 0 aliphatic carbocycles. The monoisotopic (exact) mass is 409 g/mol. The second-order valence-corrected chi connectivity index (χ2v) is 7.19. The zero-order valence-corrected chi connectivity index (χ0v) is 17.0. The van der Waals surface area contributed by atoms with E-state index in [9.17, 15) is 14.4 Å². The van der Waals surface area contributed by atoms with E-state index in [0.29, 0.717) is 23.7 Å². The van der Waals surface area contributed by atoms with Crippen LogP contribution in [0.3, 0.4) is 0 Å². The molecule has 28 heavy (non-hydrogen) atoms. The minimum atomic E-state index is -0.778. The number of carboxylic acids is 1. The van der Waals surface area contributed by atoms with E-state index in [0.717, 1.165) is 45.4 Å². The van der Waals surface area contributed by atoms with Crippen LogP contribution >= 0.6 is 12.4 Å². The van der Waals surface area contributed by atoms with Gasteiger partial charge in [-0.05, 0) is 57.6 Å². The van der Waals surface area contributed by atoms with Gasteiger partial charge in [0.1, 0.15) is 0 Å². The molecule has 154 valence electrons. The highest BCUT2D eigenvalue weighted by atomic mass is 35.5. The molecule has 0 spiro atoms. The van der Waals surface area contributed by atoms with Crippen molar-refractivity contribution in [3.05, 3.63) is 35.4 Å². The summed E-state index contributed by atoms with van der Waals surface area (Å²) in [6.45, 7) is 5.96. The molecule has 2 heterocycles. The summed E-state index contributed by atoms with van der Waals surface area (Å²) in [5.41, 5.74) is 1.00. The Morgan fingerprint density at radius 2 is 1.68 bits per heavy atom. The van der Waals surface area contributed by atoms with Gasteiger partial charge in [0.2, 0.25) is 0 Å². The molecule has 0 radical (unpaired) electrons. The van der Waals surface area contributed by atoms with Crippen LogP contribution in [0.5, 0.6) is 0 Å². The minimum Gasteiger partial charge on any atom is -0.480 e. The zero-order chi connectivity index (χ0) is 19.4. The smallest absolute Gasteiger partial charge is 0.317 e. The van der Waals surface area contributed by atoms with E-state index in [-0.39, 0.29) is 30.8 Å². The van der Waals surface area contributed by atoms with Gasteiger partial charge >= 0.3 is 5.97 Å². The number of hydrogen-bond acceptors (Lipinski definition) is 5. The van der Waals surface area contributed by atoms with Gasteiger partial charge in [-0.25, -0.2) is 0 Å². The Morgan fingerprint density at radius 3 is 2.18 bits per heavy atom. The summed E-state index contributed by atoms with van der Waals surface area (Å²) in [6, 6.07) is 7.29. The number of benzene rings is 1. The topological polar surface area (TPSA) is 81.2 Å². The van der Waals surface area contributed by atoms with Crippen molar-refractivity contribution in [2.24, 2.45) is 0 Å². The SMILES string of the molecule is CCN(CC(=O)O)C1CCN(CCCN2C(=O)c3ccccc3C2=O)CC1.Cl. The molecule has 1 saturated heterocycles. The number of likely N-dealkylation sites (tertiary alicyclic amines) is 1. The number of hydrogen-bond donors (Lipinski definition) is 1. The van der Waals surface area contributed by atoms with Crippen LogP contribution in [0.15, 0.2) is 24.3 Å². The summed E-state index contributed by atoms with van der Waals surface area (Å²) in [6.07, 6.45) is 2.66. The summed E-state index contributed by atoms with van der Waals surface area (Å²) in [4.78, 5) is 41.4. The van der Waals surface area contributed by atoms with Gasteiger partial charge in [0.25, 0.3) is 11.8 Å². The molecule has 2 aliphatic heterocycles. The number of piperidine rings is 1. The first kappa shape index (κ1) is 22.3. The van der Waals surface area contributed by atoms with Gasteiger partial charge in [-0.1, -0.05) is 19.1 Å². The highest BCUT2D eigenvalue weighted by molar-refractivity contribution is 6.21. The van der Waals surface area contributed by atoms with Gasteiger partial charge in [0, 0.05) is 12.6 Å². The van der Waals surface area contributed by atoms with Crippen LogP contribution in [0.1, 0.15) is 46.9 Å². The van der Waals surface area contributed by atoms with Crippen molar-refractivity contribution in [1.29, 1.82) is 0 Å². The lowest BCUT2D eigenvalue weighted by Crippen LogP contribution is -2.47. The van der Waals surface area contributed by atoms with Crippen molar-refractivity contribution in [3.63, 3.8) is 0 Å². The third kappa shape index (κ3) is 4.90. The second-order valence-electron chi connectivity index (χ2n) is 7.19. The molecule has 8 heteroatoms. The number of rotatable bonds is 8. The Labute approximate surface area is 171 Å². The van der Waals surface area contributed by atoms with Crippen LogP contribution in [0, 0.1) is 0 Å². The van der Waals surface area contributed by atoms with E-state index in [1.807, 2.05) is 11.8 Å². The van der Waals surface area contributed by atoms with E-state index < -0.39 is 5.97 Å². The molecule has 1 fully saturated rings. The maximum atomic E-state index is 12.4. The molecular formula is C20H28ClN3O4. The van der Waals surface area contributed by atoms with Crippen molar-refractivity contribution in [3.8, 4) is 0 Å². The van der Waals surface area contributed by atoms with Gasteiger partial charge in [-0.15, -0.1) is 12.4 Å². The van der Waals surface area contributed by atoms with E-state index in [4.69, 9.17) is 5.11 Å². The summed E-state index contributed by atoms with van der Waals surface area (Å²) in [5, 5.41) is 9.01. The van der Waals surface area contributed by atoms with Gasteiger partial charge in [-0.3, -0.25) is 24.2 Å². The molecule has 0 bridgehead atoms. The molecule has 0 atom stereocenters. The normalized spacial score (nSPS) is 17.7. The van der Waals surface area contributed by atoms with Crippen LogP contribution in [0.2, 0.25) is 0 Å². The summed E-state index contributed by atoms with van der Waals surface area (Å²) in [7, 11) is 0. The molecule has 1 N–H and O–H groups in total. The number of likely N-dealkylation sites (N-methyl/N-ethyl adjacent to an activating group) is 1. The lowest BCUT2D eigenvalue weighted by Gasteiger charge is -2.37. The van der Waals surface area contributed by atoms with Gasteiger partial charge in [0.05, 0.1) is 17.7 Å². The molecule has 2 amide bonds. The Morgan fingerprint density at radius 1 is 1.11 bits per heavy atom. The fraction of sp³-hybridized carbons (Fsp3) is 0.550. The first-order valence-electron chi connectivity index (χ1n) is 9.64. The van der Waals surface area contributed by atoms with E-state index in [1.165, 1.54) is 4.90 Å². The number of nitrogens with zero attached hydrogens (tertiary/aromatic N) is 3. The van der Waals surface area contributed by atoms with Crippen molar-refractivity contribution in [1.82, 2.24) is 14.7 Å². The van der Waals surface area contributed by atoms with E-state index in [1.54, 1.807) is 24.3 Å². The predicted octanol–water partition coefficient (Wildman–Crippen LogP) is 1.97. The third-order valence-corrected chi connectivity index (χ3v) is 5.55. The maximum Gasteiger partial charge on any atom is 0.317 e. The van der Waals surface area contributed by atoms with Crippen LogP contribution < -0.4 is 0 Å². The first-order valence-corrected chi connectivity index (χ1v) is 9.64. The van der Waals surface area contributed by atoms with Crippen molar-refractivity contribution < 1.29 is 19.5 Å². The molecule has 7 nitrogen and oxygen atoms in total. The Hall–Kier alpha value is -1.96. The summed E-state index contributed by atoms with van der Waals surface area (Å²) >= 11 is 0. The third-order valence-electron chi connectivity index (χ3n) is 5.55. The standard InChI is InChI=1S/C20H27N3O4.ClH/c1-2-22(14-18(24)25)15-8-12-21(13-9-15)10-5-11-23-19(26)16-6-3-4-7-17(16)20(23)27;/h3-4,6-7,15H,2,5,8-14H2,1H3,(H,24,25);1H. The Kier molecular flexibility index (Phi) is 7.98. The quantitative estimate of drug-likeness (QED) is 0.661. The molecule has 0 aromatic heterocycles. The number of halogens is 1. The molecule has 1 aromatic carbocycles. The lowest BCUT2D eigenvalue weighted by atomic mass is 10.0. The highest BCUT2D eigenvalue weighted by Gasteiger charge is 2.34. The Bertz CT molecular complexity index is 684. The number of carboxylic acid groups (broad SMARTS) is 1. The lowest BCUT2D eigenvalue weighted by molar-refractivity contribution is -0.139. The molecule has 1 aromatic rings. The first-order chi connectivity index (χ1) is 13.0. The number of amides is 2. The van der Waals surface area contributed by atoms with E-state index in [2.05, 4.69) is 4.90 Å². The average Bonchev–Trinajstić information content (AvgIpc) is 2.92. The number of carbonyl (C=O) groups excluding carboxylic acids is 2. The number of carbonyl (C=O) groups is 3. The number of aliphatic carboxylic acids is 1. The van der Waals surface area contributed by atoms with Crippen molar-refractivity contribution in [2.75, 3.05) is 39.3 Å². The fourth-order valence-electron chi connectivity index (χ4n) is 4.08. The minimum absolute atomic E-state index is 0. The maximum absolute atomic E-state index is 12.4. The average molecular weight is 410 g/mol. The number of imide groups is 1. The second kappa shape index (κ2) is 10.0. The molecule has 2 aliphatic rings. The summed E-state index contributed by atoms with van der Waals surface area (Å²) in [5.74, 6) is -1.16. The number of fused-ring (bicyclic) bond motifs is 1. The fourth-order valence-corrected chi connectivity index (χ4v) is 4.08. The molecule has 3 rings (SSSR count). The molecule has 0 saturated carbocycles. The zero-order valence-electron chi connectivity index (χ0n) is 16.2. The van der Waals surface area contributed by atoms with Crippen LogP contribution in [0.4, 0.5) is 0 Å². The van der Waals surface area contributed by atoms with E-state index >= 15 is 0 Å². The largest absolute Gasteiger partial charge is 0.480 e. The van der Waals surface area contributed by atoms with Gasteiger partial charge < -0.3 is 10.0 Å². The van der Waals surface area contributed by atoms with Crippen LogP contribution in [0.25, 0.3) is 0 Å². The van der Waals surface area contributed by atoms with Crippen LogP contribution in [-0.4, -0.2) is 82.9 Å². The van der Waals surface area contributed by atoms with Gasteiger partial charge in [0.15, 0.2) is 0 Å². The van der Waals surface area contributed by atoms with Crippen molar-refractivity contribution in [2.45, 2.75) is 32.2 Å². The van der Waals surface area contributed by atoms with Crippen LogP contribution in [-0.2, 0) is 4.79 Å². The molecular weight excluding hydrogens is 382 g/mol. The predicted molar refractivity (Wildman–Crippen MR) is 108 cm³/mol.